The number of carboxylic acids is 1. The summed E-state index contributed by atoms with van der Waals surface area (Å²) in [5.74, 6) is -1.26. The van der Waals surface area contributed by atoms with E-state index in [2.05, 4.69) is 5.32 Å². The highest BCUT2D eigenvalue weighted by atomic mass is 19.1. The van der Waals surface area contributed by atoms with Crippen LogP contribution in [0.1, 0.15) is 21.7 Å². The van der Waals surface area contributed by atoms with Crippen molar-refractivity contribution in [2.75, 3.05) is 5.32 Å². The van der Waals surface area contributed by atoms with Crippen LogP contribution in [0.25, 0.3) is 0 Å². The van der Waals surface area contributed by atoms with Gasteiger partial charge < -0.3 is 14.8 Å². The summed E-state index contributed by atoms with van der Waals surface area (Å²) in [4.78, 5) is 10.6. The van der Waals surface area contributed by atoms with Gasteiger partial charge >= 0.3 is 5.97 Å². The lowest BCUT2D eigenvalue weighted by atomic mass is 10.2. The summed E-state index contributed by atoms with van der Waals surface area (Å²) in [5.41, 5.74) is 0.485. The average molecular weight is 260 g/mol. The minimum Gasteiger partial charge on any atom is -0.478 e. The number of carboxylic acid groups (broad SMARTS) is 1. The normalized spacial score (nSPS) is 9.89. The van der Waals surface area contributed by atoms with Crippen LogP contribution in [0.2, 0.25) is 0 Å². The maximum Gasteiger partial charge on any atom is 0.338 e. The van der Waals surface area contributed by atoms with Gasteiger partial charge in [-0.05, 0) is 24.3 Å². The van der Waals surface area contributed by atoms with Crippen LogP contribution < -0.4 is 5.32 Å². The fourth-order valence-corrected chi connectivity index (χ4v) is 1.50. The molecule has 0 aliphatic carbocycles. The maximum absolute atomic E-state index is 13.5. The molecule has 2 N–H and O–H groups in total. The molecule has 0 fully saturated rings. The first kappa shape index (κ1) is 12.6. The van der Waals surface area contributed by atoms with Crippen LogP contribution in [0.3, 0.4) is 0 Å². The van der Waals surface area contributed by atoms with Gasteiger partial charge in [0.15, 0.2) is 0 Å². The van der Waals surface area contributed by atoms with Crippen molar-refractivity contribution >= 4 is 11.7 Å². The highest BCUT2D eigenvalue weighted by Crippen LogP contribution is 2.17. The molecule has 0 saturated heterocycles. The van der Waals surface area contributed by atoms with E-state index in [1.165, 1.54) is 18.2 Å². The van der Waals surface area contributed by atoms with Crippen molar-refractivity contribution < 1.29 is 18.7 Å². The smallest absolute Gasteiger partial charge is 0.338 e. The zero-order chi connectivity index (χ0) is 13.8. The summed E-state index contributed by atoms with van der Waals surface area (Å²) in [6, 6.07) is 7.23. The topological polar surface area (TPSA) is 86.3 Å². The Morgan fingerprint density at radius 1 is 1.47 bits per heavy atom. The predicted molar refractivity (Wildman–Crippen MR) is 64.1 cm³/mol. The summed E-state index contributed by atoms with van der Waals surface area (Å²) in [6.45, 7) is 0.149. The number of nitriles is 1. The maximum atomic E-state index is 13.5. The Labute approximate surface area is 107 Å². The summed E-state index contributed by atoms with van der Waals surface area (Å²) in [6.07, 6.45) is 1.12. The SMILES string of the molecule is N#Cc1ccc(NCc2cc(C(=O)O)co2)c(F)c1. The number of rotatable bonds is 4. The molecule has 1 aromatic heterocycles. The van der Waals surface area contributed by atoms with Crippen molar-refractivity contribution in [3.05, 3.63) is 53.2 Å². The van der Waals surface area contributed by atoms with Gasteiger partial charge in [0.25, 0.3) is 0 Å². The predicted octanol–water partition coefficient (Wildman–Crippen LogP) is 2.60. The zero-order valence-corrected chi connectivity index (χ0v) is 9.68. The third-order valence-electron chi connectivity index (χ3n) is 2.45. The molecule has 2 aromatic rings. The van der Waals surface area contributed by atoms with Crippen molar-refractivity contribution in [1.29, 1.82) is 5.26 Å². The molecule has 0 aliphatic rings. The molecule has 19 heavy (non-hydrogen) atoms. The van der Waals surface area contributed by atoms with Gasteiger partial charge in [-0.3, -0.25) is 0 Å². The molecule has 1 aromatic carbocycles. The van der Waals surface area contributed by atoms with Crippen LogP contribution in [-0.4, -0.2) is 11.1 Å². The first-order chi connectivity index (χ1) is 9.10. The van der Waals surface area contributed by atoms with E-state index in [1.54, 1.807) is 0 Å². The van der Waals surface area contributed by atoms with Gasteiger partial charge in [-0.25, -0.2) is 9.18 Å². The highest BCUT2D eigenvalue weighted by molar-refractivity contribution is 5.87. The van der Waals surface area contributed by atoms with Crippen molar-refractivity contribution in [3.8, 4) is 6.07 Å². The van der Waals surface area contributed by atoms with Crippen LogP contribution in [0.5, 0.6) is 0 Å². The second kappa shape index (κ2) is 5.23. The van der Waals surface area contributed by atoms with E-state index in [9.17, 15) is 9.18 Å². The quantitative estimate of drug-likeness (QED) is 0.882. The van der Waals surface area contributed by atoms with Gasteiger partial charge in [0.05, 0.1) is 29.4 Å². The molecule has 0 amide bonds. The molecule has 6 heteroatoms. The molecule has 0 saturated carbocycles. The van der Waals surface area contributed by atoms with E-state index >= 15 is 0 Å². The van der Waals surface area contributed by atoms with Gasteiger partial charge in [-0.1, -0.05) is 0 Å². The zero-order valence-electron chi connectivity index (χ0n) is 9.68. The molecule has 0 atom stereocenters. The monoisotopic (exact) mass is 260 g/mol. The molecule has 0 spiro atoms. The summed E-state index contributed by atoms with van der Waals surface area (Å²) >= 11 is 0. The number of furan rings is 1. The average Bonchev–Trinajstić information content (AvgIpc) is 2.86. The van der Waals surface area contributed by atoms with E-state index in [0.717, 1.165) is 12.3 Å². The Kier molecular flexibility index (Phi) is 3.48. The molecular formula is C13H9FN2O3. The number of nitrogens with one attached hydrogen (secondary N) is 1. The lowest BCUT2D eigenvalue weighted by molar-refractivity contribution is 0.0696. The van der Waals surface area contributed by atoms with Crippen molar-refractivity contribution in [1.82, 2.24) is 0 Å². The Balaban J connectivity index is 2.06. The number of benzene rings is 1. The minimum absolute atomic E-state index is 0.0390. The molecule has 0 bridgehead atoms. The Bertz CT molecular complexity index is 658. The van der Waals surface area contributed by atoms with Crippen LogP contribution in [0, 0.1) is 17.1 Å². The number of carbonyl (C=O) groups is 1. The second-order valence-corrected chi connectivity index (χ2v) is 3.77. The number of halogens is 1. The molecule has 1 heterocycles. The summed E-state index contributed by atoms with van der Waals surface area (Å²) in [7, 11) is 0. The van der Waals surface area contributed by atoms with E-state index in [-0.39, 0.29) is 23.4 Å². The van der Waals surface area contributed by atoms with Crippen LogP contribution in [0.4, 0.5) is 10.1 Å². The van der Waals surface area contributed by atoms with E-state index in [1.807, 2.05) is 6.07 Å². The van der Waals surface area contributed by atoms with E-state index in [0.29, 0.717) is 5.76 Å². The van der Waals surface area contributed by atoms with Gasteiger partial charge in [-0.2, -0.15) is 5.26 Å². The molecule has 0 radical (unpaired) electrons. The molecule has 2 rings (SSSR count). The van der Waals surface area contributed by atoms with Crippen molar-refractivity contribution in [3.63, 3.8) is 0 Å². The van der Waals surface area contributed by atoms with E-state index < -0.39 is 11.8 Å². The second-order valence-electron chi connectivity index (χ2n) is 3.77. The molecule has 5 nitrogen and oxygen atoms in total. The van der Waals surface area contributed by atoms with Crippen LogP contribution in [0.15, 0.2) is 34.9 Å². The number of hydrogen-bond donors (Lipinski definition) is 2. The van der Waals surface area contributed by atoms with Crippen LogP contribution in [-0.2, 0) is 6.54 Å². The lowest BCUT2D eigenvalue weighted by Crippen LogP contribution is -2.01. The third kappa shape index (κ3) is 2.90. The first-order valence-corrected chi connectivity index (χ1v) is 5.34. The highest BCUT2D eigenvalue weighted by Gasteiger charge is 2.09. The van der Waals surface area contributed by atoms with Gasteiger partial charge in [0.1, 0.15) is 17.8 Å². The van der Waals surface area contributed by atoms with Crippen LogP contribution >= 0.6 is 0 Å². The largest absolute Gasteiger partial charge is 0.478 e. The van der Waals surface area contributed by atoms with Gasteiger partial charge in [-0.15, -0.1) is 0 Å². The Morgan fingerprint density at radius 2 is 2.26 bits per heavy atom. The molecule has 0 aliphatic heterocycles. The Hall–Kier alpha value is -2.81. The molecular weight excluding hydrogens is 251 g/mol. The van der Waals surface area contributed by atoms with Gasteiger partial charge in [0.2, 0.25) is 0 Å². The van der Waals surface area contributed by atoms with E-state index in [4.69, 9.17) is 14.8 Å². The fraction of sp³-hybridized carbons (Fsp3) is 0.0769. The minimum atomic E-state index is -1.08. The lowest BCUT2D eigenvalue weighted by Gasteiger charge is -2.05. The first-order valence-electron chi connectivity index (χ1n) is 5.34. The number of hydrogen-bond acceptors (Lipinski definition) is 4. The van der Waals surface area contributed by atoms with Crippen molar-refractivity contribution in [2.24, 2.45) is 0 Å². The summed E-state index contributed by atoms with van der Waals surface area (Å²) < 4.78 is 18.5. The summed E-state index contributed by atoms with van der Waals surface area (Å²) in [5, 5.41) is 20.1. The van der Waals surface area contributed by atoms with Crippen molar-refractivity contribution in [2.45, 2.75) is 6.54 Å². The standard InChI is InChI=1S/C13H9FN2O3/c14-11-3-8(5-15)1-2-12(11)16-6-10-4-9(7-19-10)13(17)18/h1-4,7,16H,6H2,(H,17,18). The Morgan fingerprint density at radius 3 is 2.84 bits per heavy atom. The molecule has 0 unspecified atom stereocenters. The van der Waals surface area contributed by atoms with Gasteiger partial charge in [0, 0.05) is 0 Å². The number of nitrogens with zero attached hydrogens (tertiary/aromatic N) is 1. The molecule has 96 valence electrons. The third-order valence-corrected chi connectivity index (χ3v) is 2.45. The number of anilines is 1. The fourth-order valence-electron chi connectivity index (χ4n) is 1.50. The number of aromatic carboxylic acids is 1.